The lowest BCUT2D eigenvalue weighted by Crippen LogP contribution is -2.01. The summed E-state index contributed by atoms with van der Waals surface area (Å²) in [5.41, 5.74) is 0.956. The van der Waals surface area contributed by atoms with Crippen LogP contribution in [0.25, 0.3) is 0 Å². The van der Waals surface area contributed by atoms with E-state index in [1.54, 1.807) is 19.1 Å². The molecule has 1 rings (SSSR count). The van der Waals surface area contributed by atoms with Crippen molar-refractivity contribution in [1.82, 2.24) is 0 Å². The molecule has 0 bridgehead atoms. The third kappa shape index (κ3) is 8.18. The third-order valence-corrected chi connectivity index (χ3v) is 3.57. The number of aryl methyl sites for hydroxylation is 1. The molecule has 104 valence electrons. The maximum absolute atomic E-state index is 10.5. The standard InChI is InChI=1S/C7H8O3S.C3H8O3S/c1-6-2-4-7(5-3-6)11(8,9)10;1-2-3-7(4,5)6/h2-5H,1H3,(H,8,9,10);2-3H2,1H3,(H,4,5,6). The van der Waals surface area contributed by atoms with Gasteiger partial charge < -0.3 is 0 Å². The summed E-state index contributed by atoms with van der Waals surface area (Å²) in [6.07, 6.45) is 0.471. The van der Waals surface area contributed by atoms with Gasteiger partial charge in [-0.05, 0) is 25.5 Å². The largest absolute Gasteiger partial charge is 0.294 e. The molecule has 0 aliphatic carbocycles. The van der Waals surface area contributed by atoms with Crippen LogP contribution in [0.5, 0.6) is 0 Å². The first-order chi connectivity index (χ1) is 8.06. The Balaban J connectivity index is 0.000000360. The average molecular weight is 296 g/mol. The Kier molecular flexibility index (Phi) is 6.47. The minimum absolute atomic E-state index is 0.0666. The van der Waals surface area contributed by atoms with E-state index in [2.05, 4.69) is 0 Å². The van der Waals surface area contributed by atoms with Gasteiger partial charge in [0.25, 0.3) is 20.2 Å². The minimum atomic E-state index is -4.02. The average Bonchev–Trinajstić information content (AvgIpc) is 2.15. The Morgan fingerprint density at radius 3 is 1.67 bits per heavy atom. The number of hydrogen-bond donors (Lipinski definition) is 2. The second-order valence-corrected chi connectivity index (χ2v) is 6.57. The van der Waals surface area contributed by atoms with Gasteiger partial charge in [0.05, 0.1) is 10.6 Å². The SMILES string of the molecule is CCCS(=O)(=O)O.Cc1ccc(S(=O)(=O)O)cc1. The molecule has 0 aliphatic heterocycles. The maximum Gasteiger partial charge on any atom is 0.294 e. The molecular formula is C10H16O6S2. The first-order valence-electron chi connectivity index (χ1n) is 5.05. The zero-order chi connectivity index (χ0) is 14.4. The van der Waals surface area contributed by atoms with E-state index in [0.29, 0.717) is 6.42 Å². The highest BCUT2D eigenvalue weighted by Gasteiger charge is 2.06. The lowest BCUT2D eigenvalue weighted by atomic mass is 10.2. The second kappa shape index (κ2) is 6.83. The van der Waals surface area contributed by atoms with Crippen LogP contribution in [0.2, 0.25) is 0 Å². The van der Waals surface area contributed by atoms with Gasteiger partial charge in [-0.15, -0.1) is 0 Å². The molecule has 8 heteroatoms. The van der Waals surface area contributed by atoms with E-state index in [1.165, 1.54) is 12.1 Å². The van der Waals surface area contributed by atoms with E-state index in [4.69, 9.17) is 9.11 Å². The Bertz CT molecular complexity index is 557. The lowest BCUT2D eigenvalue weighted by molar-refractivity contribution is 0.480. The van der Waals surface area contributed by atoms with Crippen molar-refractivity contribution in [2.45, 2.75) is 25.2 Å². The van der Waals surface area contributed by atoms with Crippen LogP contribution in [0.3, 0.4) is 0 Å². The van der Waals surface area contributed by atoms with Crippen LogP contribution in [0.1, 0.15) is 18.9 Å². The van der Waals surface area contributed by atoms with Gasteiger partial charge in [0, 0.05) is 0 Å². The van der Waals surface area contributed by atoms with E-state index in [-0.39, 0.29) is 10.6 Å². The van der Waals surface area contributed by atoms with Gasteiger partial charge in [0.15, 0.2) is 0 Å². The predicted octanol–water partition coefficient (Wildman–Crippen LogP) is 1.53. The first-order valence-corrected chi connectivity index (χ1v) is 8.10. The number of rotatable bonds is 3. The smallest absolute Gasteiger partial charge is 0.286 e. The van der Waals surface area contributed by atoms with Crippen LogP contribution in [-0.2, 0) is 20.2 Å². The third-order valence-electron chi connectivity index (χ3n) is 1.78. The van der Waals surface area contributed by atoms with Crippen molar-refractivity contribution in [2.24, 2.45) is 0 Å². The van der Waals surface area contributed by atoms with Crippen molar-refractivity contribution in [2.75, 3.05) is 5.75 Å². The summed E-state index contributed by atoms with van der Waals surface area (Å²) < 4.78 is 57.1. The van der Waals surface area contributed by atoms with Crippen LogP contribution in [0.15, 0.2) is 29.2 Å². The number of benzene rings is 1. The molecule has 1 aromatic rings. The molecule has 0 saturated heterocycles. The molecule has 0 saturated carbocycles. The molecule has 0 atom stereocenters. The van der Waals surface area contributed by atoms with E-state index >= 15 is 0 Å². The van der Waals surface area contributed by atoms with Crippen LogP contribution < -0.4 is 0 Å². The summed E-state index contributed by atoms with van der Waals surface area (Å²) in [6, 6.07) is 5.99. The monoisotopic (exact) mass is 296 g/mol. The summed E-state index contributed by atoms with van der Waals surface area (Å²) in [5.74, 6) is -0.132. The van der Waals surface area contributed by atoms with Gasteiger partial charge in [-0.2, -0.15) is 16.8 Å². The van der Waals surface area contributed by atoms with E-state index in [9.17, 15) is 16.8 Å². The summed E-state index contributed by atoms with van der Waals surface area (Å²) in [7, 11) is -7.69. The predicted molar refractivity (Wildman–Crippen MR) is 67.7 cm³/mol. The van der Waals surface area contributed by atoms with E-state index in [0.717, 1.165) is 5.56 Å². The van der Waals surface area contributed by atoms with E-state index in [1.807, 2.05) is 6.92 Å². The highest BCUT2D eigenvalue weighted by atomic mass is 32.2. The van der Waals surface area contributed by atoms with Crippen molar-refractivity contribution >= 4 is 20.2 Å². The minimum Gasteiger partial charge on any atom is -0.286 e. The molecule has 0 aliphatic rings. The molecule has 0 unspecified atom stereocenters. The molecule has 0 amide bonds. The van der Waals surface area contributed by atoms with Crippen molar-refractivity contribution < 1.29 is 25.9 Å². The Labute approximate surface area is 107 Å². The van der Waals surface area contributed by atoms with Crippen LogP contribution in [0.4, 0.5) is 0 Å². The summed E-state index contributed by atoms with van der Waals surface area (Å²) >= 11 is 0. The summed E-state index contributed by atoms with van der Waals surface area (Å²) in [5, 5.41) is 0. The van der Waals surface area contributed by atoms with Gasteiger partial charge >= 0.3 is 0 Å². The van der Waals surface area contributed by atoms with Gasteiger partial charge in [0.1, 0.15) is 0 Å². The van der Waals surface area contributed by atoms with Crippen LogP contribution in [0, 0.1) is 6.92 Å². The van der Waals surface area contributed by atoms with Crippen molar-refractivity contribution in [3.05, 3.63) is 29.8 Å². The molecule has 1 aromatic carbocycles. The highest BCUT2D eigenvalue weighted by molar-refractivity contribution is 7.86. The normalized spacial score (nSPS) is 11.6. The van der Waals surface area contributed by atoms with Crippen molar-refractivity contribution in [3.63, 3.8) is 0 Å². The summed E-state index contributed by atoms with van der Waals surface area (Å²) in [6.45, 7) is 3.53. The zero-order valence-electron chi connectivity index (χ0n) is 10.1. The van der Waals surface area contributed by atoms with E-state index < -0.39 is 20.2 Å². The van der Waals surface area contributed by atoms with Crippen molar-refractivity contribution in [3.8, 4) is 0 Å². The van der Waals surface area contributed by atoms with Crippen LogP contribution in [-0.4, -0.2) is 31.7 Å². The summed E-state index contributed by atoms with van der Waals surface area (Å²) in [4.78, 5) is -0.0666. The molecule has 0 heterocycles. The second-order valence-electron chi connectivity index (χ2n) is 3.57. The molecule has 0 aromatic heterocycles. The van der Waals surface area contributed by atoms with Crippen LogP contribution >= 0.6 is 0 Å². The lowest BCUT2D eigenvalue weighted by Gasteiger charge is -1.95. The quantitative estimate of drug-likeness (QED) is 0.819. The van der Waals surface area contributed by atoms with Crippen molar-refractivity contribution in [1.29, 1.82) is 0 Å². The highest BCUT2D eigenvalue weighted by Crippen LogP contribution is 2.08. The Hall–Kier alpha value is -0.960. The van der Waals surface area contributed by atoms with Gasteiger partial charge in [-0.1, -0.05) is 24.6 Å². The molecule has 2 N–H and O–H groups in total. The molecule has 6 nitrogen and oxygen atoms in total. The molecular weight excluding hydrogens is 280 g/mol. The fourth-order valence-electron chi connectivity index (χ4n) is 0.968. The van der Waals surface area contributed by atoms with Gasteiger partial charge in [-0.25, -0.2) is 0 Å². The zero-order valence-corrected chi connectivity index (χ0v) is 11.7. The fourth-order valence-corrected chi connectivity index (χ4v) is 1.96. The van der Waals surface area contributed by atoms with Gasteiger partial charge in [0.2, 0.25) is 0 Å². The Morgan fingerprint density at radius 1 is 1.00 bits per heavy atom. The Morgan fingerprint density at radius 2 is 1.44 bits per heavy atom. The fraction of sp³-hybridized carbons (Fsp3) is 0.400. The molecule has 0 spiro atoms. The molecule has 0 fully saturated rings. The number of hydrogen-bond acceptors (Lipinski definition) is 4. The first kappa shape index (κ1) is 17.0. The van der Waals surface area contributed by atoms with Gasteiger partial charge in [-0.3, -0.25) is 9.11 Å². The topological polar surface area (TPSA) is 109 Å². The molecule has 18 heavy (non-hydrogen) atoms. The maximum atomic E-state index is 10.5. The molecule has 0 radical (unpaired) electrons.